The standard InChI is InChI=1S/C19H19F3N4O/c1-10(17(23)27)14-7-4-8-15-16(14)26-18(25-15)24-11(2)12-5-3-6-13(9-12)19(20,21)22/h3-11H,1-2H3,(H2,23,27)(H2,24,25,26). The quantitative estimate of drug-likeness (QED) is 0.619. The van der Waals surface area contributed by atoms with E-state index in [9.17, 15) is 18.0 Å². The summed E-state index contributed by atoms with van der Waals surface area (Å²) in [5.74, 6) is -0.567. The van der Waals surface area contributed by atoms with Crippen LogP contribution >= 0.6 is 0 Å². The second kappa shape index (κ2) is 6.94. The van der Waals surface area contributed by atoms with E-state index in [1.807, 2.05) is 0 Å². The number of nitrogens with one attached hydrogen (secondary N) is 2. The van der Waals surface area contributed by atoms with Crippen LogP contribution in [-0.4, -0.2) is 15.9 Å². The largest absolute Gasteiger partial charge is 0.416 e. The number of aromatic nitrogens is 2. The highest BCUT2D eigenvalue weighted by molar-refractivity contribution is 5.89. The first kappa shape index (κ1) is 18.8. The molecular weight excluding hydrogens is 357 g/mol. The Morgan fingerprint density at radius 1 is 1.19 bits per heavy atom. The van der Waals surface area contributed by atoms with Crippen LogP contribution in [0.25, 0.3) is 11.0 Å². The number of hydrogen-bond donors (Lipinski definition) is 3. The summed E-state index contributed by atoms with van der Waals surface area (Å²) in [5, 5.41) is 3.07. The van der Waals surface area contributed by atoms with E-state index in [0.717, 1.165) is 12.1 Å². The molecule has 2 unspecified atom stereocenters. The van der Waals surface area contributed by atoms with Gasteiger partial charge in [0.1, 0.15) is 0 Å². The lowest BCUT2D eigenvalue weighted by Gasteiger charge is -2.15. The third-order valence-electron chi connectivity index (χ3n) is 4.50. The van der Waals surface area contributed by atoms with E-state index in [1.54, 1.807) is 38.1 Å². The van der Waals surface area contributed by atoms with Crippen LogP contribution in [0.2, 0.25) is 0 Å². The van der Waals surface area contributed by atoms with Crippen molar-refractivity contribution < 1.29 is 18.0 Å². The van der Waals surface area contributed by atoms with Crippen molar-refractivity contribution in [2.75, 3.05) is 5.32 Å². The number of amides is 1. The highest BCUT2D eigenvalue weighted by Gasteiger charge is 2.30. The van der Waals surface area contributed by atoms with Crippen LogP contribution < -0.4 is 11.1 Å². The number of primary amides is 1. The van der Waals surface area contributed by atoms with Gasteiger partial charge in [0.05, 0.1) is 28.6 Å². The molecule has 4 N–H and O–H groups in total. The van der Waals surface area contributed by atoms with Crippen molar-refractivity contribution in [3.05, 3.63) is 59.2 Å². The molecular formula is C19H19F3N4O. The molecule has 2 atom stereocenters. The van der Waals surface area contributed by atoms with E-state index in [4.69, 9.17) is 5.73 Å². The average molecular weight is 376 g/mol. The lowest BCUT2D eigenvalue weighted by Crippen LogP contribution is -2.18. The average Bonchev–Trinajstić information content (AvgIpc) is 3.02. The summed E-state index contributed by atoms with van der Waals surface area (Å²) < 4.78 is 38.7. The van der Waals surface area contributed by atoms with Gasteiger partial charge in [-0.1, -0.05) is 24.3 Å². The molecule has 142 valence electrons. The maximum absolute atomic E-state index is 12.9. The molecule has 5 nitrogen and oxygen atoms in total. The van der Waals surface area contributed by atoms with Gasteiger partial charge < -0.3 is 16.0 Å². The number of benzene rings is 2. The van der Waals surface area contributed by atoms with E-state index in [2.05, 4.69) is 15.3 Å². The van der Waals surface area contributed by atoms with E-state index < -0.39 is 29.6 Å². The first-order valence-corrected chi connectivity index (χ1v) is 8.38. The molecule has 3 rings (SSSR count). The first-order valence-electron chi connectivity index (χ1n) is 8.38. The van der Waals surface area contributed by atoms with Crippen LogP contribution in [-0.2, 0) is 11.0 Å². The Bertz CT molecular complexity index is 980. The molecule has 2 aromatic carbocycles. The van der Waals surface area contributed by atoms with Gasteiger partial charge in [-0.25, -0.2) is 4.98 Å². The normalized spacial score (nSPS) is 14.1. The van der Waals surface area contributed by atoms with E-state index in [1.165, 1.54) is 6.07 Å². The Hall–Kier alpha value is -3.03. The van der Waals surface area contributed by atoms with Gasteiger partial charge in [0.15, 0.2) is 0 Å². The molecule has 0 bridgehead atoms. The molecule has 0 saturated heterocycles. The van der Waals surface area contributed by atoms with E-state index in [0.29, 0.717) is 28.1 Å². The molecule has 1 amide bonds. The van der Waals surface area contributed by atoms with Gasteiger partial charge in [0.2, 0.25) is 11.9 Å². The minimum atomic E-state index is -4.39. The topological polar surface area (TPSA) is 83.8 Å². The number of nitrogens with two attached hydrogens (primary N) is 1. The maximum atomic E-state index is 12.9. The van der Waals surface area contributed by atoms with Crippen molar-refractivity contribution in [1.29, 1.82) is 0 Å². The van der Waals surface area contributed by atoms with Gasteiger partial charge in [-0.05, 0) is 43.2 Å². The van der Waals surface area contributed by atoms with Gasteiger partial charge in [0.25, 0.3) is 0 Å². The number of halogens is 3. The molecule has 1 aromatic heterocycles. The Morgan fingerprint density at radius 3 is 2.56 bits per heavy atom. The van der Waals surface area contributed by atoms with Crippen LogP contribution in [0.5, 0.6) is 0 Å². The molecule has 0 aliphatic heterocycles. The molecule has 0 aliphatic rings. The lowest BCUT2D eigenvalue weighted by molar-refractivity contribution is -0.137. The summed E-state index contributed by atoms with van der Waals surface area (Å²) in [4.78, 5) is 19.0. The third kappa shape index (κ3) is 3.89. The smallest absolute Gasteiger partial charge is 0.369 e. The van der Waals surface area contributed by atoms with Crippen LogP contribution in [0.15, 0.2) is 42.5 Å². The van der Waals surface area contributed by atoms with Gasteiger partial charge in [0, 0.05) is 0 Å². The Labute approximate surface area is 153 Å². The van der Waals surface area contributed by atoms with Crippen LogP contribution in [0.4, 0.5) is 19.1 Å². The lowest BCUT2D eigenvalue weighted by atomic mass is 9.99. The number of anilines is 1. The number of carbonyl (C=O) groups excluding carboxylic acids is 1. The summed E-state index contributed by atoms with van der Waals surface area (Å²) in [6.45, 7) is 3.44. The number of H-pyrrole nitrogens is 1. The number of hydrogen-bond acceptors (Lipinski definition) is 3. The Morgan fingerprint density at radius 2 is 1.89 bits per heavy atom. The zero-order valence-corrected chi connectivity index (χ0v) is 14.8. The predicted octanol–water partition coefficient (Wildman–Crippen LogP) is 4.34. The predicted molar refractivity (Wildman–Crippen MR) is 97.2 cm³/mol. The number of carbonyl (C=O) groups is 1. The van der Waals surface area contributed by atoms with Gasteiger partial charge in [-0.2, -0.15) is 13.2 Å². The van der Waals surface area contributed by atoms with Crippen molar-refractivity contribution in [3.63, 3.8) is 0 Å². The monoisotopic (exact) mass is 376 g/mol. The Balaban J connectivity index is 1.89. The molecule has 0 radical (unpaired) electrons. The number of fused-ring (bicyclic) bond motifs is 1. The summed E-state index contributed by atoms with van der Waals surface area (Å²) in [5.41, 5.74) is 7.17. The Kier molecular flexibility index (Phi) is 4.82. The summed E-state index contributed by atoms with van der Waals surface area (Å²) in [6.07, 6.45) is -4.39. The molecule has 8 heteroatoms. The molecule has 27 heavy (non-hydrogen) atoms. The molecule has 0 spiro atoms. The number of alkyl halides is 3. The highest BCUT2D eigenvalue weighted by atomic mass is 19.4. The summed E-state index contributed by atoms with van der Waals surface area (Å²) in [7, 11) is 0. The number of imidazole rings is 1. The minimum Gasteiger partial charge on any atom is -0.369 e. The molecule has 3 aromatic rings. The van der Waals surface area contributed by atoms with Crippen LogP contribution in [0.1, 0.15) is 42.5 Å². The number of aromatic amines is 1. The first-order chi connectivity index (χ1) is 12.7. The van der Waals surface area contributed by atoms with Gasteiger partial charge in [-0.3, -0.25) is 4.79 Å². The fraction of sp³-hybridized carbons (Fsp3) is 0.263. The molecule has 0 fully saturated rings. The van der Waals surface area contributed by atoms with Crippen molar-refractivity contribution in [2.24, 2.45) is 5.73 Å². The fourth-order valence-corrected chi connectivity index (χ4v) is 2.90. The van der Waals surface area contributed by atoms with E-state index in [-0.39, 0.29) is 0 Å². The second-order valence-electron chi connectivity index (χ2n) is 6.44. The van der Waals surface area contributed by atoms with Gasteiger partial charge >= 0.3 is 6.18 Å². The van der Waals surface area contributed by atoms with Crippen molar-refractivity contribution >= 4 is 22.9 Å². The number of nitrogens with zero attached hydrogens (tertiary/aromatic N) is 1. The zero-order valence-electron chi connectivity index (χ0n) is 14.8. The number of rotatable bonds is 5. The van der Waals surface area contributed by atoms with Crippen LogP contribution in [0.3, 0.4) is 0 Å². The SMILES string of the molecule is CC(Nc1nc2c(C(C)C(N)=O)cccc2[nH]1)c1cccc(C(F)(F)F)c1. The van der Waals surface area contributed by atoms with Crippen molar-refractivity contribution in [3.8, 4) is 0 Å². The van der Waals surface area contributed by atoms with Crippen LogP contribution in [0, 0.1) is 0 Å². The molecule has 1 heterocycles. The van der Waals surface area contributed by atoms with Crippen molar-refractivity contribution in [2.45, 2.75) is 32.0 Å². The molecule has 0 saturated carbocycles. The van der Waals surface area contributed by atoms with E-state index >= 15 is 0 Å². The highest BCUT2D eigenvalue weighted by Crippen LogP contribution is 2.31. The second-order valence-corrected chi connectivity index (χ2v) is 6.44. The summed E-state index contributed by atoms with van der Waals surface area (Å²) >= 11 is 0. The maximum Gasteiger partial charge on any atom is 0.416 e. The van der Waals surface area contributed by atoms with Crippen molar-refractivity contribution in [1.82, 2.24) is 9.97 Å². The minimum absolute atomic E-state index is 0.402. The summed E-state index contributed by atoms with van der Waals surface area (Å²) in [6, 6.07) is 10.1. The number of para-hydroxylation sites is 1. The van der Waals surface area contributed by atoms with Gasteiger partial charge in [-0.15, -0.1) is 0 Å². The zero-order chi connectivity index (χ0) is 19.8. The third-order valence-corrected chi connectivity index (χ3v) is 4.50. The molecule has 0 aliphatic carbocycles. The fourth-order valence-electron chi connectivity index (χ4n) is 2.90.